The van der Waals surface area contributed by atoms with Crippen molar-refractivity contribution in [1.82, 2.24) is 9.78 Å². The second-order valence-electron chi connectivity index (χ2n) is 4.21. The molecule has 0 fully saturated rings. The van der Waals surface area contributed by atoms with E-state index in [-0.39, 0.29) is 0 Å². The summed E-state index contributed by atoms with van der Waals surface area (Å²) in [5.74, 6) is 0. The van der Waals surface area contributed by atoms with E-state index in [2.05, 4.69) is 24.3 Å². The van der Waals surface area contributed by atoms with Gasteiger partial charge < -0.3 is 5.32 Å². The van der Waals surface area contributed by atoms with Gasteiger partial charge in [-0.15, -0.1) is 0 Å². The standard InChI is InChI=1S/C14H17Cl2N3/c1-3-11-14(16)13(19(4-2)18-11)9-17-12-8-6-5-7-10(12)15/h5-8,17H,3-4,9H2,1-2H3. The number of hydrogen-bond acceptors (Lipinski definition) is 2. The summed E-state index contributed by atoms with van der Waals surface area (Å²) in [4.78, 5) is 0. The Morgan fingerprint density at radius 1 is 1.21 bits per heavy atom. The maximum absolute atomic E-state index is 6.36. The van der Waals surface area contributed by atoms with E-state index >= 15 is 0 Å². The summed E-state index contributed by atoms with van der Waals surface area (Å²) in [7, 11) is 0. The van der Waals surface area contributed by atoms with Crippen LogP contribution >= 0.6 is 23.2 Å². The fraction of sp³-hybridized carbons (Fsp3) is 0.357. The summed E-state index contributed by atoms with van der Waals surface area (Å²) in [6.45, 7) is 5.53. The van der Waals surface area contributed by atoms with Gasteiger partial charge in [0.1, 0.15) is 0 Å². The van der Waals surface area contributed by atoms with Gasteiger partial charge in [0.2, 0.25) is 0 Å². The molecule has 3 nitrogen and oxygen atoms in total. The maximum Gasteiger partial charge on any atom is 0.0868 e. The molecule has 1 aromatic carbocycles. The molecule has 19 heavy (non-hydrogen) atoms. The van der Waals surface area contributed by atoms with Gasteiger partial charge in [0, 0.05) is 6.54 Å². The van der Waals surface area contributed by atoms with Crippen LogP contribution in [0.4, 0.5) is 5.69 Å². The minimum atomic E-state index is 0.614. The number of aryl methyl sites for hydroxylation is 2. The van der Waals surface area contributed by atoms with E-state index < -0.39 is 0 Å². The minimum Gasteiger partial charge on any atom is -0.378 e. The topological polar surface area (TPSA) is 29.9 Å². The first-order valence-electron chi connectivity index (χ1n) is 6.39. The molecule has 2 rings (SSSR count). The van der Waals surface area contributed by atoms with Crippen molar-refractivity contribution in [3.05, 3.63) is 45.7 Å². The molecule has 0 aliphatic heterocycles. The Morgan fingerprint density at radius 2 is 1.95 bits per heavy atom. The van der Waals surface area contributed by atoms with Crippen LogP contribution in [0.25, 0.3) is 0 Å². The average Bonchev–Trinajstić information content (AvgIpc) is 2.74. The van der Waals surface area contributed by atoms with Gasteiger partial charge in [0.25, 0.3) is 0 Å². The summed E-state index contributed by atoms with van der Waals surface area (Å²) >= 11 is 12.5. The van der Waals surface area contributed by atoms with Crippen molar-refractivity contribution in [2.24, 2.45) is 0 Å². The summed E-state index contributed by atoms with van der Waals surface area (Å²) in [5.41, 5.74) is 2.85. The second-order valence-corrected chi connectivity index (χ2v) is 5.00. The Morgan fingerprint density at radius 3 is 2.58 bits per heavy atom. The molecule has 102 valence electrons. The predicted octanol–water partition coefficient (Wildman–Crippen LogP) is 4.38. The number of nitrogens with one attached hydrogen (secondary N) is 1. The highest BCUT2D eigenvalue weighted by Crippen LogP contribution is 2.25. The number of benzene rings is 1. The quantitative estimate of drug-likeness (QED) is 0.887. The highest BCUT2D eigenvalue weighted by molar-refractivity contribution is 6.33. The van der Waals surface area contributed by atoms with E-state index in [0.717, 1.165) is 35.1 Å². The molecule has 0 spiro atoms. The lowest BCUT2D eigenvalue weighted by atomic mass is 10.2. The Kier molecular flexibility index (Phi) is 4.72. The Labute approximate surface area is 123 Å². The molecule has 0 radical (unpaired) electrons. The molecule has 0 unspecified atom stereocenters. The Balaban J connectivity index is 2.20. The first-order chi connectivity index (χ1) is 9.17. The zero-order valence-electron chi connectivity index (χ0n) is 11.1. The molecule has 0 aliphatic rings. The summed E-state index contributed by atoms with van der Waals surface area (Å²) in [5, 5.41) is 9.26. The molecule has 2 aromatic rings. The Hall–Kier alpha value is -1.19. The first-order valence-corrected chi connectivity index (χ1v) is 7.15. The van der Waals surface area contributed by atoms with Crippen LogP contribution in [-0.2, 0) is 19.5 Å². The van der Waals surface area contributed by atoms with Gasteiger partial charge in [0.15, 0.2) is 0 Å². The van der Waals surface area contributed by atoms with Crippen LogP contribution < -0.4 is 5.32 Å². The van der Waals surface area contributed by atoms with Crippen molar-refractivity contribution >= 4 is 28.9 Å². The summed E-state index contributed by atoms with van der Waals surface area (Å²) in [6.07, 6.45) is 0.838. The number of halogens is 2. The van der Waals surface area contributed by atoms with E-state index in [1.165, 1.54) is 0 Å². The van der Waals surface area contributed by atoms with Crippen LogP contribution in [-0.4, -0.2) is 9.78 Å². The Bertz CT molecular complexity index is 564. The van der Waals surface area contributed by atoms with Crippen molar-refractivity contribution in [1.29, 1.82) is 0 Å². The molecule has 1 aromatic heterocycles. The van der Waals surface area contributed by atoms with Gasteiger partial charge in [-0.25, -0.2) is 0 Å². The van der Waals surface area contributed by atoms with Crippen LogP contribution in [0.2, 0.25) is 10.0 Å². The number of aromatic nitrogens is 2. The zero-order valence-corrected chi connectivity index (χ0v) is 12.6. The smallest absolute Gasteiger partial charge is 0.0868 e. The average molecular weight is 298 g/mol. The monoisotopic (exact) mass is 297 g/mol. The number of hydrogen-bond donors (Lipinski definition) is 1. The minimum absolute atomic E-state index is 0.614. The molecule has 1 N–H and O–H groups in total. The fourth-order valence-corrected chi connectivity index (χ4v) is 2.51. The molecule has 0 saturated carbocycles. The molecular weight excluding hydrogens is 281 g/mol. The van der Waals surface area contributed by atoms with Crippen LogP contribution in [0.15, 0.2) is 24.3 Å². The third-order valence-corrected chi connectivity index (χ3v) is 3.78. The second kappa shape index (κ2) is 6.31. The first kappa shape index (κ1) is 14.2. The van der Waals surface area contributed by atoms with E-state index in [0.29, 0.717) is 11.6 Å². The number of nitrogens with zero attached hydrogens (tertiary/aromatic N) is 2. The van der Waals surface area contributed by atoms with Gasteiger partial charge in [-0.05, 0) is 25.5 Å². The lowest BCUT2D eigenvalue weighted by Crippen LogP contribution is -2.08. The lowest BCUT2D eigenvalue weighted by Gasteiger charge is -2.09. The predicted molar refractivity (Wildman–Crippen MR) is 81.1 cm³/mol. The lowest BCUT2D eigenvalue weighted by molar-refractivity contribution is 0.619. The van der Waals surface area contributed by atoms with Crippen molar-refractivity contribution in [2.75, 3.05) is 5.32 Å². The van der Waals surface area contributed by atoms with E-state index in [4.69, 9.17) is 23.2 Å². The van der Waals surface area contributed by atoms with Gasteiger partial charge in [-0.3, -0.25) is 4.68 Å². The molecule has 0 amide bonds. The number of anilines is 1. The van der Waals surface area contributed by atoms with Crippen LogP contribution in [0.5, 0.6) is 0 Å². The maximum atomic E-state index is 6.36. The highest BCUT2D eigenvalue weighted by atomic mass is 35.5. The van der Waals surface area contributed by atoms with Crippen molar-refractivity contribution in [3.63, 3.8) is 0 Å². The molecule has 0 bridgehead atoms. The fourth-order valence-electron chi connectivity index (χ4n) is 1.97. The van der Waals surface area contributed by atoms with Gasteiger partial charge in [-0.2, -0.15) is 5.10 Å². The van der Waals surface area contributed by atoms with Crippen LogP contribution in [0.1, 0.15) is 25.2 Å². The van der Waals surface area contributed by atoms with Crippen LogP contribution in [0, 0.1) is 0 Å². The van der Waals surface area contributed by atoms with Crippen molar-refractivity contribution in [3.8, 4) is 0 Å². The van der Waals surface area contributed by atoms with Gasteiger partial charge in [0.05, 0.1) is 33.7 Å². The van der Waals surface area contributed by atoms with E-state index in [1.54, 1.807) is 0 Å². The highest BCUT2D eigenvalue weighted by Gasteiger charge is 2.14. The normalized spacial score (nSPS) is 10.7. The largest absolute Gasteiger partial charge is 0.378 e. The summed E-state index contributed by atoms with van der Waals surface area (Å²) in [6, 6.07) is 7.67. The molecule has 0 aliphatic carbocycles. The number of rotatable bonds is 5. The zero-order chi connectivity index (χ0) is 13.8. The van der Waals surface area contributed by atoms with Crippen LogP contribution in [0.3, 0.4) is 0 Å². The van der Waals surface area contributed by atoms with E-state index in [9.17, 15) is 0 Å². The molecule has 0 saturated heterocycles. The number of para-hydroxylation sites is 1. The molecule has 0 atom stereocenters. The van der Waals surface area contributed by atoms with Crippen molar-refractivity contribution in [2.45, 2.75) is 33.4 Å². The van der Waals surface area contributed by atoms with Crippen molar-refractivity contribution < 1.29 is 0 Å². The summed E-state index contributed by atoms with van der Waals surface area (Å²) < 4.78 is 1.94. The molecular formula is C14H17Cl2N3. The third kappa shape index (κ3) is 3.04. The van der Waals surface area contributed by atoms with Gasteiger partial charge >= 0.3 is 0 Å². The molecule has 1 heterocycles. The van der Waals surface area contributed by atoms with Gasteiger partial charge in [-0.1, -0.05) is 42.3 Å². The van der Waals surface area contributed by atoms with E-state index in [1.807, 2.05) is 28.9 Å². The SMILES string of the molecule is CCc1nn(CC)c(CNc2ccccc2Cl)c1Cl. The molecule has 5 heteroatoms. The third-order valence-electron chi connectivity index (χ3n) is 3.01.